The first-order chi connectivity index (χ1) is 16.1. The van der Waals surface area contributed by atoms with Crippen molar-refractivity contribution >= 4 is 33.9 Å². The number of aromatic amines is 1. The number of carboxylic acid groups (broad SMARTS) is 1. The molecule has 0 fully saturated rings. The molecule has 4 aromatic rings. The molecule has 1 aromatic carbocycles. The summed E-state index contributed by atoms with van der Waals surface area (Å²) >= 11 is 1.49. The minimum atomic E-state index is -1.02. The first-order valence-electron chi connectivity index (χ1n) is 10.4. The number of fused-ring (bicyclic) bond motifs is 1. The average Bonchev–Trinajstić information content (AvgIpc) is 3.44. The molecule has 0 amide bonds. The van der Waals surface area contributed by atoms with Crippen molar-refractivity contribution in [1.82, 2.24) is 9.97 Å². The Bertz CT molecular complexity index is 1420. The number of H-pyrrole nitrogens is 1. The minimum Gasteiger partial charge on any atom is -0.481 e. The molecule has 174 valence electrons. The van der Waals surface area contributed by atoms with Gasteiger partial charge in [-0.25, -0.2) is 18.0 Å². The van der Waals surface area contributed by atoms with E-state index in [2.05, 4.69) is 14.8 Å². The highest BCUT2D eigenvalue weighted by atomic mass is 32.1. The van der Waals surface area contributed by atoms with E-state index in [1.807, 2.05) is 31.4 Å². The van der Waals surface area contributed by atoms with Crippen molar-refractivity contribution in [2.75, 3.05) is 0 Å². The Hall–Kier alpha value is -3.64. The maximum atomic E-state index is 15.1. The van der Waals surface area contributed by atoms with Crippen LogP contribution in [0.3, 0.4) is 0 Å². The molecule has 4 rings (SSSR count). The van der Waals surface area contributed by atoms with Crippen molar-refractivity contribution in [3.05, 3.63) is 81.3 Å². The van der Waals surface area contributed by atoms with Gasteiger partial charge in [0.05, 0.1) is 23.5 Å². The van der Waals surface area contributed by atoms with Gasteiger partial charge in [-0.1, -0.05) is 19.9 Å². The van der Waals surface area contributed by atoms with Crippen LogP contribution >= 0.6 is 11.3 Å². The molecule has 1 atom stereocenters. The summed E-state index contributed by atoms with van der Waals surface area (Å²) in [5.41, 5.74) is -0.336. The summed E-state index contributed by atoms with van der Waals surface area (Å²) in [7, 11) is 0. The number of aliphatic carboxylic acids is 1. The predicted octanol–water partition coefficient (Wildman–Crippen LogP) is 6.87. The third-order valence-corrected chi connectivity index (χ3v) is 7.36. The van der Waals surface area contributed by atoms with Gasteiger partial charge in [0.25, 0.3) is 0 Å². The number of rotatable bonds is 7. The summed E-state index contributed by atoms with van der Waals surface area (Å²) < 4.78 is 43.2. The molecule has 5 nitrogen and oxygen atoms in total. The molecule has 9 heteroatoms. The van der Waals surface area contributed by atoms with Gasteiger partial charge in [0.1, 0.15) is 17.5 Å². The lowest BCUT2D eigenvalue weighted by molar-refractivity contribution is -0.138. The first kappa shape index (κ1) is 23.5. The topological polar surface area (TPSA) is 70.3 Å². The van der Waals surface area contributed by atoms with Gasteiger partial charge < -0.3 is 10.1 Å². The van der Waals surface area contributed by atoms with Crippen LogP contribution in [-0.2, 0) is 16.6 Å². The van der Waals surface area contributed by atoms with E-state index in [0.717, 1.165) is 23.1 Å². The highest BCUT2D eigenvalue weighted by Crippen LogP contribution is 2.40. The summed E-state index contributed by atoms with van der Waals surface area (Å²) in [5.74, 6) is -3.85. The van der Waals surface area contributed by atoms with Crippen molar-refractivity contribution in [2.24, 2.45) is 5.92 Å². The summed E-state index contributed by atoms with van der Waals surface area (Å²) in [6.07, 6.45) is 1.19. The van der Waals surface area contributed by atoms with Gasteiger partial charge in [-0.15, -0.1) is 11.3 Å². The van der Waals surface area contributed by atoms with E-state index in [9.17, 15) is 18.7 Å². The number of halogens is 3. The average molecular weight is 484 g/mol. The van der Waals surface area contributed by atoms with Crippen LogP contribution < -0.4 is 0 Å². The quantitative estimate of drug-likeness (QED) is 0.282. The van der Waals surface area contributed by atoms with E-state index in [0.29, 0.717) is 0 Å². The lowest BCUT2D eigenvalue weighted by atomic mass is 9.73. The van der Waals surface area contributed by atoms with Crippen LogP contribution in [0.5, 0.6) is 0 Å². The molecule has 0 aliphatic carbocycles. The van der Waals surface area contributed by atoms with Gasteiger partial charge in [-0.2, -0.15) is 0 Å². The molecule has 2 N–H and O–H groups in total. The van der Waals surface area contributed by atoms with Crippen molar-refractivity contribution < 1.29 is 23.1 Å². The zero-order valence-corrected chi connectivity index (χ0v) is 19.1. The molecule has 34 heavy (non-hydrogen) atoms. The van der Waals surface area contributed by atoms with Crippen LogP contribution in [0.2, 0.25) is 0 Å². The standard InChI is InChI=1S/C25H20F3N3O2S/c1-25(2,21-5-4-6-34-21)13(8-22(32)33)7-19-17(27)11-20(29-3)24(31-19)16-12-30-23-15(16)9-14(26)10-18(23)28/h4-6,9-13,30H,7-8H2,1-2H3,(H,32,33). The number of hydrogen-bond acceptors (Lipinski definition) is 3. The normalized spacial score (nSPS) is 12.6. The molecular formula is C25H20F3N3O2S. The number of nitrogens with zero attached hydrogens (tertiary/aromatic N) is 2. The molecule has 0 bridgehead atoms. The van der Waals surface area contributed by atoms with E-state index < -0.39 is 34.8 Å². The molecule has 3 heterocycles. The second kappa shape index (κ2) is 8.95. The Kier molecular flexibility index (Phi) is 6.19. The summed E-state index contributed by atoms with van der Waals surface area (Å²) in [4.78, 5) is 23.1. The van der Waals surface area contributed by atoms with Crippen molar-refractivity contribution in [3.63, 3.8) is 0 Å². The minimum absolute atomic E-state index is 0.000604. The number of hydrogen-bond donors (Lipinski definition) is 2. The van der Waals surface area contributed by atoms with Gasteiger partial charge in [-0.3, -0.25) is 9.78 Å². The number of carbonyl (C=O) groups is 1. The van der Waals surface area contributed by atoms with Gasteiger partial charge in [0, 0.05) is 39.9 Å². The number of nitrogens with one attached hydrogen (secondary N) is 1. The number of aromatic nitrogens is 2. The molecule has 0 saturated heterocycles. The molecular weight excluding hydrogens is 463 g/mol. The highest BCUT2D eigenvalue weighted by Gasteiger charge is 2.35. The fourth-order valence-corrected chi connectivity index (χ4v) is 5.10. The van der Waals surface area contributed by atoms with Gasteiger partial charge >= 0.3 is 5.97 Å². The molecule has 1 unspecified atom stereocenters. The van der Waals surface area contributed by atoms with Gasteiger partial charge in [0.2, 0.25) is 5.69 Å². The monoisotopic (exact) mass is 483 g/mol. The zero-order chi connectivity index (χ0) is 24.6. The smallest absolute Gasteiger partial charge is 0.303 e. The lowest BCUT2D eigenvalue weighted by Gasteiger charge is -2.33. The van der Waals surface area contributed by atoms with Crippen LogP contribution in [0.25, 0.3) is 27.0 Å². The van der Waals surface area contributed by atoms with Gasteiger partial charge in [-0.05, 0) is 35.9 Å². The summed E-state index contributed by atoms with van der Waals surface area (Å²) in [6, 6.07) is 6.68. The van der Waals surface area contributed by atoms with E-state index in [1.165, 1.54) is 17.5 Å². The molecule has 0 saturated carbocycles. The fraction of sp³-hybridized carbons (Fsp3) is 0.240. The Morgan fingerprint density at radius 3 is 2.68 bits per heavy atom. The first-order valence-corrected chi connectivity index (χ1v) is 11.3. The molecule has 0 aliphatic rings. The summed E-state index contributed by atoms with van der Waals surface area (Å²) in [5, 5.41) is 11.6. The Labute approximate surface area is 197 Å². The Balaban J connectivity index is 1.83. The van der Waals surface area contributed by atoms with Crippen molar-refractivity contribution in [1.29, 1.82) is 0 Å². The van der Waals surface area contributed by atoms with E-state index >= 15 is 4.39 Å². The van der Waals surface area contributed by atoms with Crippen LogP contribution in [0.1, 0.15) is 30.8 Å². The van der Waals surface area contributed by atoms with E-state index in [4.69, 9.17) is 6.57 Å². The molecule has 0 aliphatic heterocycles. The largest absolute Gasteiger partial charge is 0.481 e. The van der Waals surface area contributed by atoms with Crippen molar-refractivity contribution in [3.8, 4) is 11.3 Å². The number of carboxylic acids is 1. The predicted molar refractivity (Wildman–Crippen MR) is 124 cm³/mol. The zero-order valence-electron chi connectivity index (χ0n) is 18.3. The van der Waals surface area contributed by atoms with E-state index in [1.54, 1.807) is 0 Å². The maximum absolute atomic E-state index is 15.1. The second-order valence-corrected chi connectivity index (χ2v) is 9.55. The van der Waals surface area contributed by atoms with Crippen LogP contribution in [-0.4, -0.2) is 21.0 Å². The molecule has 0 radical (unpaired) electrons. The van der Waals surface area contributed by atoms with Crippen molar-refractivity contribution in [2.45, 2.75) is 32.1 Å². The van der Waals surface area contributed by atoms with Crippen LogP contribution in [0.4, 0.5) is 18.9 Å². The number of benzene rings is 1. The fourth-order valence-electron chi connectivity index (χ4n) is 4.17. The second-order valence-electron chi connectivity index (χ2n) is 8.61. The third kappa shape index (κ3) is 4.29. The number of thiophene rings is 1. The van der Waals surface area contributed by atoms with E-state index in [-0.39, 0.29) is 46.4 Å². The molecule has 3 aromatic heterocycles. The van der Waals surface area contributed by atoms with Gasteiger partial charge in [0.15, 0.2) is 0 Å². The SMILES string of the molecule is [C-]#[N+]c1cc(F)c(CC(CC(=O)O)C(C)(C)c2cccs2)nc1-c1c[nH]c2c(F)cc(F)cc12. The highest BCUT2D eigenvalue weighted by molar-refractivity contribution is 7.10. The van der Waals surface area contributed by atoms with Crippen LogP contribution in [0, 0.1) is 29.9 Å². The third-order valence-electron chi connectivity index (χ3n) is 6.15. The lowest BCUT2D eigenvalue weighted by Crippen LogP contribution is -2.32. The van der Waals surface area contributed by atoms with Crippen LogP contribution in [0.15, 0.2) is 41.9 Å². The number of pyridine rings is 1. The Morgan fingerprint density at radius 2 is 2.03 bits per heavy atom. The maximum Gasteiger partial charge on any atom is 0.303 e. The molecule has 0 spiro atoms. The Morgan fingerprint density at radius 1 is 1.26 bits per heavy atom. The summed E-state index contributed by atoms with van der Waals surface area (Å²) in [6.45, 7) is 11.3.